The number of likely N-dealkylation sites (N-methyl/N-ethyl adjacent to an activating group) is 1. The third-order valence-electron chi connectivity index (χ3n) is 5.40. The Morgan fingerprint density at radius 3 is 2.30 bits per heavy atom. The van der Waals surface area contributed by atoms with Gasteiger partial charge in [0, 0.05) is 37.9 Å². The minimum Gasteiger partial charge on any atom is -0.335 e. The number of aryl methyl sites for hydroxylation is 2. The van der Waals surface area contributed by atoms with Crippen molar-refractivity contribution >= 4 is 11.6 Å². The first-order valence-corrected chi connectivity index (χ1v) is 9.64. The first-order chi connectivity index (χ1) is 13.1. The van der Waals surface area contributed by atoms with E-state index in [0.29, 0.717) is 5.69 Å². The number of imidazole rings is 1. The molecule has 1 fully saturated rings. The fraction of sp³-hybridized carbons (Fsp3) is 0.364. The second-order valence-corrected chi connectivity index (χ2v) is 7.34. The second kappa shape index (κ2) is 7.16. The summed E-state index contributed by atoms with van der Waals surface area (Å²) in [6, 6.07) is 12.3. The van der Waals surface area contributed by atoms with E-state index >= 15 is 0 Å². The lowest BCUT2D eigenvalue weighted by Gasteiger charge is -2.34. The number of piperazine rings is 1. The molecule has 1 aromatic carbocycles. The Labute approximate surface area is 160 Å². The lowest BCUT2D eigenvalue weighted by Crippen LogP contribution is -2.48. The fourth-order valence-corrected chi connectivity index (χ4v) is 3.68. The maximum Gasteiger partial charge on any atom is 0.273 e. The quantitative estimate of drug-likeness (QED) is 0.717. The van der Waals surface area contributed by atoms with E-state index in [0.717, 1.165) is 55.2 Å². The van der Waals surface area contributed by atoms with Crippen molar-refractivity contribution < 1.29 is 4.79 Å². The van der Waals surface area contributed by atoms with Crippen LogP contribution in [-0.2, 0) is 0 Å². The topological polar surface area (TPSA) is 40.8 Å². The van der Waals surface area contributed by atoms with Gasteiger partial charge in [-0.05, 0) is 32.0 Å². The molecule has 3 heterocycles. The van der Waals surface area contributed by atoms with Crippen molar-refractivity contribution in [1.82, 2.24) is 19.2 Å². The van der Waals surface area contributed by atoms with Crippen molar-refractivity contribution in [2.75, 3.05) is 32.7 Å². The van der Waals surface area contributed by atoms with E-state index in [4.69, 9.17) is 4.98 Å². The van der Waals surface area contributed by atoms with Crippen LogP contribution in [0.1, 0.15) is 28.5 Å². The number of carbonyl (C=O) groups excluding carboxylic acids is 1. The van der Waals surface area contributed by atoms with E-state index in [9.17, 15) is 4.79 Å². The fourth-order valence-electron chi connectivity index (χ4n) is 3.68. The summed E-state index contributed by atoms with van der Waals surface area (Å²) in [7, 11) is 0. The number of fused-ring (bicyclic) bond motifs is 1. The molecule has 0 bridgehead atoms. The molecule has 0 unspecified atom stereocenters. The van der Waals surface area contributed by atoms with Gasteiger partial charge in [0.1, 0.15) is 17.0 Å². The molecule has 140 valence electrons. The summed E-state index contributed by atoms with van der Waals surface area (Å²) in [6.45, 7) is 10.7. The standard InChI is InChI=1S/C22H26N4O/c1-4-24-11-13-25(14-12-24)22(27)21-20(18-8-5-16(2)6-9-18)23-19-10-7-17(3)15-26(19)21/h5-10,15H,4,11-14H2,1-3H3. The lowest BCUT2D eigenvalue weighted by atomic mass is 10.1. The van der Waals surface area contributed by atoms with Gasteiger partial charge >= 0.3 is 0 Å². The number of aromatic nitrogens is 2. The van der Waals surface area contributed by atoms with E-state index in [1.807, 2.05) is 34.6 Å². The zero-order valence-corrected chi connectivity index (χ0v) is 16.3. The number of nitrogens with zero attached hydrogens (tertiary/aromatic N) is 4. The number of benzene rings is 1. The predicted molar refractivity (Wildman–Crippen MR) is 108 cm³/mol. The average Bonchev–Trinajstić information content (AvgIpc) is 3.06. The molecule has 1 aliphatic rings. The maximum atomic E-state index is 13.5. The number of pyridine rings is 1. The second-order valence-electron chi connectivity index (χ2n) is 7.34. The summed E-state index contributed by atoms with van der Waals surface area (Å²) in [6.07, 6.45) is 2.01. The molecular weight excluding hydrogens is 336 g/mol. The highest BCUT2D eigenvalue weighted by molar-refractivity contribution is 5.99. The van der Waals surface area contributed by atoms with Gasteiger partial charge in [-0.1, -0.05) is 42.8 Å². The highest BCUT2D eigenvalue weighted by atomic mass is 16.2. The summed E-state index contributed by atoms with van der Waals surface area (Å²) < 4.78 is 1.96. The van der Waals surface area contributed by atoms with Crippen LogP contribution < -0.4 is 0 Å². The molecule has 0 saturated carbocycles. The van der Waals surface area contributed by atoms with Gasteiger partial charge in [-0.15, -0.1) is 0 Å². The molecule has 0 aliphatic carbocycles. The molecule has 0 atom stereocenters. The highest BCUT2D eigenvalue weighted by Crippen LogP contribution is 2.27. The van der Waals surface area contributed by atoms with Gasteiger partial charge in [0.2, 0.25) is 0 Å². The third kappa shape index (κ3) is 3.35. The summed E-state index contributed by atoms with van der Waals surface area (Å²) in [5.41, 5.74) is 5.54. The molecule has 5 heteroatoms. The van der Waals surface area contributed by atoms with Gasteiger partial charge in [0.05, 0.1) is 0 Å². The Morgan fingerprint density at radius 1 is 0.963 bits per heavy atom. The average molecular weight is 362 g/mol. The molecule has 27 heavy (non-hydrogen) atoms. The predicted octanol–water partition coefficient (Wildman–Crippen LogP) is 3.40. The molecular formula is C22H26N4O. The van der Waals surface area contributed by atoms with Gasteiger partial charge in [0.15, 0.2) is 0 Å². The maximum absolute atomic E-state index is 13.5. The molecule has 5 nitrogen and oxygen atoms in total. The Balaban J connectivity index is 1.79. The van der Waals surface area contributed by atoms with E-state index in [-0.39, 0.29) is 5.91 Å². The molecule has 4 rings (SSSR count). The first kappa shape index (κ1) is 17.7. The van der Waals surface area contributed by atoms with Crippen molar-refractivity contribution in [2.45, 2.75) is 20.8 Å². The number of carbonyl (C=O) groups is 1. The number of rotatable bonds is 3. The molecule has 1 aliphatic heterocycles. The number of hydrogen-bond donors (Lipinski definition) is 0. The Morgan fingerprint density at radius 2 is 1.63 bits per heavy atom. The minimum atomic E-state index is 0.0689. The van der Waals surface area contributed by atoms with Crippen LogP contribution in [0.4, 0.5) is 0 Å². The van der Waals surface area contributed by atoms with Crippen LogP contribution in [0.25, 0.3) is 16.9 Å². The Kier molecular flexibility index (Phi) is 4.70. The monoisotopic (exact) mass is 362 g/mol. The van der Waals surface area contributed by atoms with Crippen molar-refractivity contribution in [3.05, 3.63) is 59.4 Å². The summed E-state index contributed by atoms with van der Waals surface area (Å²) in [5.74, 6) is 0.0689. The molecule has 2 aromatic heterocycles. The van der Waals surface area contributed by atoms with Crippen molar-refractivity contribution in [1.29, 1.82) is 0 Å². The molecule has 1 saturated heterocycles. The van der Waals surface area contributed by atoms with Crippen LogP contribution in [0, 0.1) is 13.8 Å². The molecule has 0 spiro atoms. The summed E-state index contributed by atoms with van der Waals surface area (Å²) in [5, 5.41) is 0. The van der Waals surface area contributed by atoms with Gasteiger partial charge in [-0.25, -0.2) is 4.98 Å². The van der Waals surface area contributed by atoms with Gasteiger partial charge in [-0.3, -0.25) is 9.20 Å². The Bertz CT molecular complexity index is 966. The van der Waals surface area contributed by atoms with Gasteiger partial charge < -0.3 is 9.80 Å². The lowest BCUT2D eigenvalue weighted by molar-refractivity contribution is 0.0637. The van der Waals surface area contributed by atoms with Crippen LogP contribution in [0.5, 0.6) is 0 Å². The SMILES string of the molecule is CCN1CCN(C(=O)c2c(-c3ccc(C)cc3)nc3ccc(C)cn23)CC1. The van der Waals surface area contributed by atoms with E-state index in [1.165, 1.54) is 5.56 Å². The van der Waals surface area contributed by atoms with Gasteiger partial charge in [0.25, 0.3) is 5.91 Å². The largest absolute Gasteiger partial charge is 0.335 e. The highest BCUT2D eigenvalue weighted by Gasteiger charge is 2.27. The third-order valence-corrected chi connectivity index (χ3v) is 5.40. The molecule has 0 N–H and O–H groups in total. The molecule has 3 aromatic rings. The van der Waals surface area contributed by atoms with Crippen molar-refractivity contribution in [3.8, 4) is 11.3 Å². The van der Waals surface area contributed by atoms with Crippen LogP contribution in [0.2, 0.25) is 0 Å². The smallest absolute Gasteiger partial charge is 0.273 e. The number of amides is 1. The van der Waals surface area contributed by atoms with Crippen LogP contribution in [0.3, 0.4) is 0 Å². The van der Waals surface area contributed by atoms with Crippen LogP contribution in [0.15, 0.2) is 42.6 Å². The first-order valence-electron chi connectivity index (χ1n) is 9.64. The molecule has 0 radical (unpaired) electrons. The minimum absolute atomic E-state index is 0.0689. The summed E-state index contributed by atoms with van der Waals surface area (Å²) >= 11 is 0. The zero-order valence-electron chi connectivity index (χ0n) is 16.3. The zero-order chi connectivity index (χ0) is 19.0. The molecule has 1 amide bonds. The van der Waals surface area contributed by atoms with Crippen LogP contribution in [-0.4, -0.2) is 57.8 Å². The van der Waals surface area contributed by atoms with Gasteiger partial charge in [-0.2, -0.15) is 0 Å². The van der Waals surface area contributed by atoms with E-state index in [2.05, 4.69) is 43.0 Å². The Hall–Kier alpha value is -2.66. The number of hydrogen-bond acceptors (Lipinski definition) is 3. The van der Waals surface area contributed by atoms with E-state index < -0.39 is 0 Å². The van der Waals surface area contributed by atoms with Crippen molar-refractivity contribution in [3.63, 3.8) is 0 Å². The van der Waals surface area contributed by atoms with Crippen LogP contribution >= 0.6 is 0 Å². The normalized spacial score (nSPS) is 15.4. The van der Waals surface area contributed by atoms with E-state index in [1.54, 1.807) is 0 Å². The summed E-state index contributed by atoms with van der Waals surface area (Å²) in [4.78, 5) is 22.6. The van der Waals surface area contributed by atoms with Crippen molar-refractivity contribution in [2.24, 2.45) is 0 Å².